The van der Waals surface area contributed by atoms with Gasteiger partial charge in [-0.3, -0.25) is 4.90 Å². The number of hydrogen-bond acceptors (Lipinski definition) is 5. The van der Waals surface area contributed by atoms with E-state index < -0.39 is 5.97 Å². The van der Waals surface area contributed by atoms with Crippen LogP contribution in [0.1, 0.15) is 22.6 Å². The molecule has 0 saturated carbocycles. The summed E-state index contributed by atoms with van der Waals surface area (Å²) in [6.45, 7) is 5.84. The van der Waals surface area contributed by atoms with Crippen LogP contribution in [0.2, 0.25) is 0 Å². The molecule has 0 spiro atoms. The maximum atomic E-state index is 11.1. The van der Waals surface area contributed by atoms with Crippen molar-refractivity contribution in [3.05, 3.63) is 29.6 Å². The highest BCUT2D eigenvalue weighted by Gasteiger charge is 2.14. The molecule has 1 N–H and O–H groups in total. The minimum absolute atomic E-state index is 0.254. The molecule has 24 heavy (non-hydrogen) atoms. The van der Waals surface area contributed by atoms with Crippen LogP contribution in [0.25, 0.3) is 11.0 Å². The molecule has 130 valence electrons. The van der Waals surface area contributed by atoms with E-state index in [0.29, 0.717) is 12.1 Å². The SMILES string of the molecule is COCc1nc2cc(C(=O)O)ccc2n1CCCN1CCOCC1. The Morgan fingerprint density at radius 1 is 1.33 bits per heavy atom. The maximum Gasteiger partial charge on any atom is 0.335 e. The number of carbonyl (C=O) groups is 1. The number of fused-ring (bicyclic) bond motifs is 1. The van der Waals surface area contributed by atoms with Gasteiger partial charge in [0.1, 0.15) is 12.4 Å². The standard InChI is InChI=1S/C17H23N3O4/c1-23-12-16-18-14-11-13(17(21)22)3-4-15(14)20(16)6-2-5-19-7-9-24-10-8-19/h3-4,11H,2,5-10,12H2,1H3,(H,21,22). The molecule has 7 heteroatoms. The van der Waals surface area contributed by atoms with E-state index in [-0.39, 0.29) is 5.56 Å². The second-order valence-corrected chi connectivity index (χ2v) is 5.93. The van der Waals surface area contributed by atoms with Crippen molar-refractivity contribution < 1.29 is 19.4 Å². The monoisotopic (exact) mass is 333 g/mol. The fraction of sp³-hybridized carbons (Fsp3) is 0.529. The van der Waals surface area contributed by atoms with Crippen molar-refractivity contribution in [2.24, 2.45) is 0 Å². The molecule has 1 aromatic carbocycles. The Balaban J connectivity index is 1.76. The first-order valence-electron chi connectivity index (χ1n) is 8.20. The number of carboxylic acids is 1. The summed E-state index contributed by atoms with van der Waals surface area (Å²) in [5.41, 5.74) is 1.91. The molecule has 1 fully saturated rings. The van der Waals surface area contributed by atoms with Gasteiger partial charge in [0, 0.05) is 33.3 Å². The number of imidazole rings is 1. The Bertz CT molecular complexity index is 707. The Labute approximate surface area is 140 Å². The van der Waals surface area contributed by atoms with Gasteiger partial charge in [-0.2, -0.15) is 0 Å². The van der Waals surface area contributed by atoms with Gasteiger partial charge >= 0.3 is 5.97 Å². The van der Waals surface area contributed by atoms with Crippen molar-refractivity contribution in [3.8, 4) is 0 Å². The number of aromatic nitrogens is 2. The zero-order valence-electron chi connectivity index (χ0n) is 13.9. The Morgan fingerprint density at radius 3 is 2.83 bits per heavy atom. The minimum atomic E-state index is -0.938. The van der Waals surface area contributed by atoms with E-state index in [1.54, 1.807) is 19.2 Å². The van der Waals surface area contributed by atoms with Gasteiger partial charge in [0.25, 0.3) is 0 Å². The molecule has 1 aliphatic rings. The number of rotatable bonds is 7. The van der Waals surface area contributed by atoms with Gasteiger partial charge < -0.3 is 19.1 Å². The van der Waals surface area contributed by atoms with Gasteiger partial charge in [-0.05, 0) is 24.6 Å². The fourth-order valence-corrected chi connectivity index (χ4v) is 3.08. The van der Waals surface area contributed by atoms with Crippen molar-refractivity contribution in [1.82, 2.24) is 14.5 Å². The van der Waals surface area contributed by atoms with Crippen molar-refractivity contribution >= 4 is 17.0 Å². The van der Waals surface area contributed by atoms with Crippen LogP contribution < -0.4 is 0 Å². The second kappa shape index (κ2) is 7.74. The van der Waals surface area contributed by atoms with E-state index >= 15 is 0 Å². The van der Waals surface area contributed by atoms with Crippen LogP contribution in [0, 0.1) is 0 Å². The highest BCUT2D eigenvalue weighted by molar-refractivity contribution is 5.92. The van der Waals surface area contributed by atoms with Crippen LogP contribution in [0.3, 0.4) is 0 Å². The maximum absolute atomic E-state index is 11.1. The van der Waals surface area contributed by atoms with Gasteiger partial charge in [0.2, 0.25) is 0 Å². The molecule has 0 bridgehead atoms. The molecule has 2 heterocycles. The molecule has 0 atom stereocenters. The third-order valence-electron chi connectivity index (χ3n) is 4.31. The first-order valence-corrected chi connectivity index (χ1v) is 8.20. The lowest BCUT2D eigenvalue weighted by atomic mass is 10.2. The topological polar surface area (TPSA) is 76.8 Å². The number of aryl methyl sites for hydroxylation is 1. The quantitative estimate of drug-likeness (QED) is 0.829. The van der Waals surface area contributed by atoms with Crippen LogP contribution in [0.5, 0.6) is 0 Å². The van der Waals surface area contributed by atoms with E-state index in [4.69, 9.17) is 14.6 Å². The predicted molar refractivity (Wildman–Crippen MR) is 89.3 cm³/mol. The molecule has 0 aliphatic carbocycles. The average Bonchev–Trinajstić information content (AvgIpc) is 2.93. The van der Waals surface area contributed by atoms with E-state index in [2.05, 4.69) is 14.5 Å². The first kappa shape index (κ1) is 16.9. The molecule has 0 amide bonds. The van der Waals surface area contributed by atoms with Crippen LogP contribution in [0.4, 0.5) is 0 Å². The Hall–Kier alpha value is -1.96. The summed E-state index contributed by atoms with van der Waals surface area (Å²) in [6.07, 6.45) is 1.00. The predicted octanol–water partition coefficient (Wildman–Crippen LogP) is 1.60. The highest BCUT2D eigenvalue weighted by Crippen LogP contribution is 2.19. The van der Waals surface area contributed by atoms with Gasteiger partial charge in [-0.15, -0.1) is 0 Å². The number of morpholine rings is 1. The number of ether oxygens (including phenoxy) is 2. The van der Waals surface area contributed by atoms with Gasteiger partial charge in [0.05, 0.1) is 29.8 Å². The fourth-order valence-electron chi connectivity index (χ4n) is 3.08. The lowest BCUT2D eigenvalue weighted by Gasteiger charge is -2.26. The molecule has 1 aliphatic heterocycles. The molecular formula is C17H23N3O4. The lowest BCUT2D eigenvalue weighted by Crippen LogP contribution is -2.37. The van der Waals surface area contributed by atoms with Crippen molar-refractivity contribution in [3.63, 3.8) is 0 Å². The van der Waals surface area contributed by atoms with Crippen LogP contribution >= 0.6 is 0 Å². The summed E-state index contributed by atoms with van der Waals surface area (Å²) in [4.78, 5) is 18.1. The minimum Gasteiger partial charge on any atom is -0.478 e. The smallest absolute Gasteiger partial charge is 0.335 e. The summed E-state index contributed by atoms with van der Waals surface area (Å²) < 4.78 is 12.7. The molecular weight excluding hydrogens is 310 g/mol. The third-order valence-corrected chi connectivity index (χ3v) is 4.31. The summed E-state index contributed by atoms with van der Waals surface area (Å²) in [7, 11) is 1.64. The number of nitrogens with zero attached hydrogens (tertiary/aromatic N) is 3. The van der Waals surface area contributed by atoms with Crippen molar-refractivity contribution in [1.29, 1.82) is 0 Å². The lowest BCUT2D eigenvalue weighted by molar-refractivity contribution is 0.0369. The number of hydrogen-bond donors (Lipinski definition) is 1. The number of methoxy groups -OCH3 is 1. The van der Waals surface area contributed by atoms with E-state index in [0.717, 1.165) is 57.2 Å². The van der Waals surface area contributed by atoms with Crippen LogP contribution in [0.15, 0.2) is 18.2 Å². The van der Waals surface area contributed by atoms with Gasteiger partial charge in [-0.25, -0.2) is 9.78 Å². The molecule has 7 nitrogen and oxygen atoms in total. The largest absolute Gasteiger partial charge is 0.478 e. The zero-order valence-corrected chi connectivity index (χ0v) is 13.9. The van der Waals surface area contributed by atoms with Crippen LogP contribution in [-0.2, 0) is 22.6 Å². The average molecular weight is 333 g/mol. The second-order valence-electron chi connectivity index (χ2n) is 5.93. The van der Waals surface area contributed by atoms with Crippen molar-refractivity contribution in [2.45, 2.75) is 19.6 Å². The summed E-state index contributed by atoms with van der Waals surface area (Å²) in [5, 5.41) is 9.13. The molecule has 0 unspecified atom stereocenters. The molecule has 0 radical (unpaired) electrons. The summed E-state index contributed by atoms with van der Waals surface area (Å²) in [6, 6.07) is 5.08. The van der Waals surface area contributed by atoms with Gasteiger partial charge in [0.15, 0.2) is 0 Å². The normalized spacial score (nSPS) is 15.9. The summed E-state index contributed by atoms with van der Waals surface area (Å²) in [5.74, 6) is -0.107. The molecule has 3 rings (SSSR count). The Morgan fingerprint density at radius 2 is 2.12 bits per heavy atom. The number of benzene rings is 1. The van der Waals surface area contributed by atoms with Crippen LogP contribution in [-0.4, -0.2) is 65.5 Å². The molecule has 1 saturated heterocycles. The van der Waals surface area contributed by atoms with E-state index in [9.17, 15) is 4.79 Å². The number of aromatic carboxylic acids is 1. The summed E-state index contributed by atoms with van der Waals surface area (Å²) >= 11 is 0. The third kappa shape index (κ3) is 3.75. The highest BCUT2D eigenvalue weighted by atomic mass is 16.5. The van der Waals surface area contributed by atoms with Crippen molar-refractivity contribution in [2.75, 3.05) is 40.0 Å². The molecule has 2 aromatic rings. The zero-order chi connectivity index (χ0) is 16.9. The van der Waals surface area contributed by atoms with E-state index in [1.165, 1.54) is 0 Å². The first-order chi connectivity index (χ1) is 11.7. The molecule has 1 aromatic heterocycles. The number of carboxylic acid groups (broad SMARTS) is 1. The van der Waals surface area contributed by atoms with Gasteiger partial charge in [-0.1, -0.05) is 0 Å². The van der Waals surface area contributed by atoms with E-state index in [1.807, 2.05) is 6.07 Å². The Kier molecular flexibility index (Phi) is 5.44.